The van der Waals surface area contributed by atoms with Gasteiger partial charge >= 0.3 is 0 Å². The van der Waals surface area contributed by atoms with Gasteiger partial charge in [0.25, 0.3) is 0 Å². The first kappa shape index (κ1) is 19.1. The van der Waals surface area contributed by atoms with Crippen LogP contribution in [0.2, 0.25) is 0 Å². The van der Waals surface area contributed by atoms with Crippen LogP contribution in [-0.2, 0) is 5.41 Å². The highest BCUT2D eigenvalue weighted by Crippen LogP contribution is 2.63. The van der Waals surface area contributed by atoms with Crippen molar-refractivity contribution in [1.29, 1.82) is 0 Å². The van der Waals surface area contributed by atoms with Gasteiger partial charge in [0, 0.05) is 11.3 Å². The molecule has 0 radical (unpaired) electrons. The van der Waals surface area contributed by atoms with E-state index in [4.69, 9.17) is 0 Å². The second-order valence-corrected chi connectivity index (χ2v) is 8.92. The van der Waals surface area contributed by atoms with Crippen molar-refractivity contribution in [3.63, 3.8) is 0 Å². The average Bonchev–Trinajstić information content (AvgIpc) is 3.21. The van der Waals surface area contributed by atoms with Crippen molar-refractivity contribution in [2.75, 3.05) is 4.90 Å². The minimum atomic E-state index is -0.389. The molecule has 160 valence electrons. The summed E-state index contributed by atoms with van der Waals surface area (Å²) in [7, 11) is 0. The van der Waals surface area contributed by atoms with E-state index >= 15 is 0 Å². The van der Waals surface area contributed by atoms with Gasteiger partial charge < -0.3 is 4.90 Å². The van der Waals surface area contributed by atoms with Crippen molar-refractivity contribution in [3.8, 4) is 11.1 Å². The van der Waals surface area contributed by atoms with Crippen LogP contribution in [0.4, 0.5) is 17.1 Å². The molecule has 0 unspecified atom stereocenters. The minimum Gasteiger partial charge on any atom is -0.310 e. The Kier molecular flexibility index (Phi) is 3.95. The van der Waals surface area contributed by atoms with Crippen LogP contribution in [0, 0.1) is 0 Å². The molecule has 0 saturated heterocycles. The highest BCUT2D eigenvalue weighted by Gasteiger charge is 2.51. The molecule has 5 aromatic rings. The smallest absolute Gasteiger partial charge is 0.150 e. The SMILES string of the molecule is O=Cc1ccc(N2c3ccccc3C3(c4ccccc4-c4ccccc43)c3ccccc32)cc1. The Balaban J connectivity index is 1.62. The number of nitrogens with zero attached hydrogens (tertiary/aromatic N) is 1. The second-order valence-electron chi connectivity index (χ2n) is 8.92. The summed E-state index contributed by atoms with van der Waals surface area (Å²) in [5, 5.41) is 0. The molecule has 2 heteroatoms. The van der Waals surface area contributed by atoms with Crippen molar-refractivity contribution in [2.45, 2.75) is 5.41 Å². The van der Waals surface area contributed by atoms with Gasteiger partial charge in [-0.3, -0.25) is 4.79 Å². The fourth-order valence-electron chi connectivity index (χ4n) is 6.04. The van der Waals surface area contributed by atoms with E-state index in [1.165, 1.54) is 33.4 Å². The highest BCUT2D eigenvalue weighted by molar-refractivity contribution is 5.95. The number of hydrogen-bond acceptors (Lipinski definition) is 2. The lowest BCUT2D eigenvalue weighted by atomic mass is 9.64. The third-order valence-corrected chi connectivity index (χ3v) is 7.34. The average molecular weight is 436 g/mol. The molecule has 1 aliphatic carbocycles. The topological polar surface area (TPSA) is 20.3 Å². The van der Waals surface area contributed by atoms with E-state index in [2.05, 4.69) is 102 Å². The van der Waals surface area contributed by atoms with Gasteiger partial charge in [-0.05, 0) is 69.8 Å². The van der Waals surface area contributed by atoms with Crippen LogP contribution >= 0.6 is 0 Å². The Morgan fingerprint density at radius 3 is 1.44 bits per heavy atom. The number of anilines is 3. The first-order valence-electron chi connectivity index (χ1n) is 11.6. The van der Waals surface area contributed by atoms with Gasteiger partial charge in [0.1, 0.15) is 6.29 Å². The third-order valence-electron chi connectivity index (χ3n) is 7.34. The highest BCUT2D eigenvalue weighted by atomic mass is 16.1. The maximum atomic E-state index is 11.3. The van der Waals surface area contributed by atoms with Gasteiger partial charge in [-0.25, -0.2) is 0 Å². The molecule has 0 fully saturated rings. The van der Waals surface area contributed by atoms with Gasteiger partial charge in [-0.2, -0.15) is 0 Å². The first-order chi connectivity index (χ1) is 16.8. The lowest BCUT2D eigenvalue weighted by Gasteiger charge is -2.45. The predicted octanol–water partition coefficient (Wildman–Crippen LogP) is 7.65. The zero-order valence-electron chi connectivity index (χ0n) is 18.5. The third kappa shape index (κ3) is 2.32. The number of carbonyl (C=O) groups excluding carboxylic acids is 1. The van der Waals surface area contributed by atoms with Crippen LogP contribution in [0.15, 0.2) is 121 Å². The van der Waals surface area contributed by atoms with Crippen LogP contribution in [0.25, 0.3) is 11.1 Å². The molecule has 34 heavy (non-hydrogen) atoms. The van der Waals surface area contributed by atoms with Gasteiger partial charge in [-0.15, -0.1) is 0 Å². The molecule has 0 amide bonds. The van der Waals surface area contributed by atoms with E-state index in [0.717, 1.165) is 23.3 Å². The van der Waals surface area contributed by atoms with Crippen molar-refractivity contribution >= 4 is 23.3 Å². The molecule has 1 spiro atoms. The van der Waals surface area contributed by atoms with Crippen LogP contribution in [-0.4, -0.2) is 6.29 Å². The number of fused-ring (bicyclic) bond motifs is 9. The first-order valence-corrected chi connectivity index (χ1v) is 11.6. The van der Waals surface area contributed by atoms with E-state index in [1.807, 2.05) is 24.3 Å². The molecule has 0 N–H and O–H groups in total. The fourth-order valence-corrected chi connectivity index (χ4v) is 6.04. The normalized spacial score (nSPS) is 14.2. The fraction of sp³-hybridized carbons (Fsp3) is 0.0312. The maximum absolute atomic E-state index is 11.3. The van der Waals surface area contributed by atoms with E-state index < -0.39 is 0 Å². The molecule has 0 aromatic heterocycles. The van der Waals surface area contributed by atoms with Gasteiger partial charge in [0.15, 0.2) is 0 Å². The van der Waals surface area contributed by atoms with Crippen molar-refractivity contribution in [3.05, 3.63) is 149 Å². The molecule has 2 nitrogen and oxygen atoms in total. The Labute approximate surface area is 198 Å². The lowest BCUT2D eigenvalue weighted by Crippen LogP contribution is -2.36. The van der Waals surface area contributed by atoms with E-state index in [-0.39, 0.29) is 5.41 Å². The van der Waals surface area contributed by atoms with Crippen molar-refractivity contribution < 1.29 is 4.79 Å². The number of hydrogen-bond donors (Lipinski definition) is 0. The zero-order valence-corrected chi connectivity index (χ0v) is 18.5. The summed E-state index contributed by atoms with van der Waals surface area (Å²) in [4.78, 5) is 13.6. The standard InChI is InChI=1S/C32H21NO/c34-21-22-17-19-23(20-18-22)33-30-15-7-5-13-28(30)32(29-14-6-8-16-31(29)33)26-11-3-1-9-24(26)25-10-2-4-12-27(25)32/h1-21H. The largest absolute Gasteiger partial charge is 0.310 e. The summed E-state index contributed by atoms with van der Waals surface area (Å²) in [5.74, 6) is 0. The van der Waals surface area contributed by atoms with Gasteiger partial charge in [0.05, 0.1) is 16.8 Å². The Morgan fingerprint density at radius 2 is 0.941 bits per heavy atom. The molecule has 1 aliphatic heterocycles. The Bertz CT molecular complexity index is 1490. The van der Waals surface area contributed by atoms with E-state index in [1.54, 1.807) is 0 Å². The van der Waals surface area contributed by atoms with E-state index in [0.29, 0.717) is 5.56 Å². The molecule has 0 bridgehead atoms. The van der Waals surface area contributed by atoms with Crippen molar-refractivity contribution in [1.82, 2.24) is 0 Å². The molecule has 1 heterocycles. The summed E-state index contributed by atoms with van der Waals surface area (Å²) in [5.41, 5.74) is 11.4. The molecular formula is C32H21NO. The number of carbonyl (C=O) groups is 1. The summed E-state index contributed by atoms with van der Waals surface area (Å²) >= 11 is 0. The van der Waals surface area contributed by atoms with Crippen LogP contribution < -0.4 is 4.90 Å². The van der Waals surface area contributed by atoms with Crippen LogP contribution in [0.1, 0.15) is 32.6 Å². The Hall–Kier alpha value is -4.43. The summed E-state index contributed by atoms with van der Waals surface area (Å²) < 4.78 is 0. The molecule has 0 saturated carbocycles. The molecule has 0 atom stereocenters. The Morgan fingerprint density at radius 1 is 0.500 bits per heavy atom. The van der Waals surface area contributed by atoms with Crippen LogP contribution in [0.5, 0.6) is 0 Å². The summed E-state index contributed by atoms with van der Waals surface area (Å²) in [6.07, 6.45) is 0.892. The quantitative estimate of drug-likeness (QED) is 0.260. The number of aldehydes is 1. The molecule has 5 aromatic carbocycles. The minimum absolute atomic E-state index is 0.389. The molecule has 2 aliphatic rings. The monoisotopic (exact) mass is 435 g/mol. The zero-order chi connectivity index (χ0) is 22.7. The number of para-hydroxylation sites is 2. The summed E-state index contributed by atoms with van der Waals surface area (Å²) in [6, 6.07) is 43.0. The second kappa shape index (κ2) is 7.03. The molecule has 7 rings (SSSR count). The molecular weight excluding hydrogens is 414 g/mol. The van der Waals surface area contributed by atoms with Crippen molar-refractivity contribution in [2.24, 2.45) is 0 Å². The number of rotatable bonds is 2. The lowest BCUT2D eigenvalue weighted by molar-refractivity contribution is 0.112. The summed E-state index contributed by atoms with van der Waals surface area (Å²) in [6.45, 7) is 0. The van der Waals surface area contributed by atoms with Crippen LogP contribution in [0.3, 0.4) is 0 Å². The van der Waals surface area contributed by atoms with Gasteiger partial charge in [-0.1, -0.05) is 84.9 Å². The van der Waals surface area contributed by atoms with Gasteiger partial charge in [0.2, 0.25) is 0 Å². The number of benzene rings is 5. The predicted molar refractivity (Wildman–Crippen MR) is 137 cm³/mol. The maximum Gasteiger partial charge on any atom is 0.150 e. The van der Waals surface area contributed by atoms with E-state index in [9.17, 15) is 4.79 Å².